The van der Waals surface area contributed by atoms with E-state index in [-0.39, 0.29) is 5.54 Å². The number of ether oxygens (including phenoxy) is 1. The van der Waals surface area contributed by atoms with Crippen molar-refractivity contribution < 1.29 is 4.74 Å². The molecule has 0 spiro atoms. The third kappa shape index (κ3) is 4.12. The lowest BCUT2D eigenvalue weighted by Gasteiger charge is -2.27. The van der Waals surface area contributed by atoms with Gasteiger partial charge < -0.3 is 10.5 Å². The first-order valence-corrected chi connectivity index (χ1v) is 7.43. The van der Waals surface area contributed by atoms with Gasteiger partial charge in [0.1, 0.15) is 5.75 Å². The van der Waals surface area contributed by atoms with E-state index in [9.17, 15) is 0 Å². The average molecular weight is 282 g/mol. The van der Waals surface area contributed by atoms with E-state index in [2.05, 4.69) is 13.0 Å². The van der Waals surface area contributed by atoms with Gasteiger partial charge in [0.25, 0.3) is 0 Å². The van der Waals surface area contributed by atoms with Gasteiger partial charge in [-0.3, -0.25) is 0 Å². The van der Waals surface area contributed by atoms with E-state index < -0.39 is 0 Å². The average Bonchev–Trinajstić information content (AvgIpc) is 2.16. The first-order valence-electron chi connectivity index (χ1n) is 7.06. The number of hydrogen-bond donors (Lipinski definition) is 1. The molecule has 1 aromatic rings. The smallest absolute Gasteiger partial charge is 0.141 e. The summed E-state index contributed by atoms with van der Waals surface area (Å²) in [6, 6.07) is 4.10. The molecule has 0 atom stereocenters. The molecule has 0 saturated heterocycles. The highest BCUT2D eigenvalue weighted by Gasteiger charge is 2.21. The van der Waals surface area contributed by atoms with Crippen LogP contribution in [0, 0.1) is 12.8 Å². The SMILES string of the molecule is Cc1cc(Cl)c(OCC2CCC2)c(CC(C)(C)N)c1. The van der Waals surface area contributed by atoms with Crippen molar-refractivity contribution >= 4 is 11.6 Å². The van der Waals surface area contributed by atoms with E-state index in [4.69, 9.17) is 22.1 Å². The molecule has 1 aliphatic rings. The van der Waals surface area contributed by atoms with Crippen LogP contribution in [0.2, 0.25) is 5.02 Å². The van der Waals surface area contributed by atoms with E-state index in [0.717, 1.165) is 29.9 Å². The topological polar surface area (TPSA) is 35.2 Å². The molecule has 2 nitrogen and oxygen atoms in total. The van der Waals surface area contributed by atoms with E-state index in [1.165, 1.54) is 19.3 Å². The standard InChI is InChI=1S/C16H24ClNO/c1-11-7-13(9-16(2,3)18)15(14(17)8-11)19-10-12-5-4-6-12/h7-8,12H,4-6,9-10,18H2,1-3H3. The molecule has 1 aromatic carbocycles. The van der Waals surface area contributed by atoms with Gasteiger partial charge in [0.15, 0.2) is 0 Å². The van der Waals surface area contributed by atoms with Gasteiger partial charge >= 0.3 is 0 Å². The maximum atomic E-state index is 6.34. The Labute approximate surface area is 121 Å². The third-order valence-electron chi connectivity index (χ3n) is 3.60. The minimum Gasteiger partial charge on any atom is -0.491 e. The van der Waals surface area contributed by atoms with Crippen LogP contribution in [-0.4, -0.2) is 12.1 Å². The van der Waals surface area contributed by atoms with E-state index >= 15 is 0 Å². The Hall–Kier alpha value is -0.730. The fourth-order valence-corrected chi connectivity index (χ4v) is 2.79. The monoisotopic (exact) mass is 281 g/mol. The van der Waals surface area contributed by atoms with Crippen molar-refractivity contribution in [3.63, 3.8) is 0 Å². The van der Waals surface area contributed by atoms with Crippen LogP contribution in [0.4, 0.5) is 0 Å². The Morgan fingerprint density at radius 1 is 1.37 bits per heavy atom. The summed E-state index contributed by atoms with van der Waals surface area (Å²) in [5, 5.41) is 0.707. The quantitative estimate of drug-likeness (QED) is 0.882. The molecule has 0 heterocycles. The van der Waals surface area contributed by atoms with Crippen LogP contribution in [0.1, 0.15) is 44.2 Å². The third-order valence-corrected chi connectivity index (χ3v) is 3.88. The Morgan fingerprint density at radius 3 is 2.58 bits per heavy atom. The molecular formula is C16H24ClNO. The van der Waals surface area contributed by atoms with E-state index in [0.29, 0.717) is 10.9 Å². The van der Waals surface area contributed by atoms with Gasteiger partial charge in [-0.25, -0.2) is 0 Å². The fraction of sp³-hybridized carbons (Fsp3) is 0.625. The molecule has 0 unspecified atom stereocenters. The number of rotatable bonds is 5. The van der Waals surface area contributed by atoms with Crippen molar-refractivity contribution in [2.45, 2.75) is 52.0 Å². The molecule has 106 valence electrons. The molecule has 0 aliphatic heterocycles. The number of halogens is 1. The van der Waals surface area contributed by atoms with Gasteiger partial charge in [0.05, 0.1) is 11.6 Å². The molecular weight excluding hydrogens is 258 g/mol. The predicted molar refractivity (Wildman–Crippen MR) is 81.0 cm³/mol. The zero-order valence-electron chi connectivity index (χ0n) is 12.1. The summed E-state index contributed by atoms with van der Waals surface area (Å²) < 4.78 is 5.99. The summed E-state index contributed by atoms with van der Waals surface area (Å²) in [5.74, 6) is 1.54. The molecule has 1 aliphatic carbocycles. The second kappa shape index (κ2) is 5.72. The maximum absolute atomic E-state index is 6.34. The Balaban J connectivity index is 2.17. The van der Waals surface area contributed by atoms with Crippen LogP contribution in [-0.2, 0) is 6.42 Å². The summed E-state index contributed by atoms with van der Waals surface area (Å²) in [6.07, 6.45) is 4.66. The van der Waals surface area contributed by atoms with Crippen molar-refractivity contribution in [3.8, 4) is 5.75 Å². The van der Waals surface area contributed by atoms with Crippen LogP contribution in [0.3, 0.4) is 0 Å². The maximum Gasteiger partial charge on any atom is 0.141 e. The second-order valence-corrected chi connectivity index (χ2v) is 6.92. The van der Waals surface area contributed by atoms with Gasteiger partial charge in [-0.2, -0.15) is 0 Å². The largest absolute Gasteiger partial charge is 0.491 e. The number of aryl methyl sites for hydroxylation is 1. The summed E-state index contributed by atoms with van der Waals surface area (Å²) in [6.45, 7) is 6.88. The lowest BCUT2D eigenvalue weighted by molar-refractivity contribution is 0.179. The molecule has 0 amide bonds. The van der Waals surface area contributed by atoms with Gasteiger partial charge in [-0.15, -0.1) is 0 Å². The minimum atomic E-state index is -0.258. The highest BCUT2D eigenvalue weighted by molar-refractivity contribution is 6.32. The summed E-state index contributed by atoms with van der Waals surface area (Å²) in [4.78, 5) is 0. The molecule has 2 rings (SSSR count). The number of nitrogens with two attached hydrogens (primary N) is 1. The Bertz CT molecular complexity index is 447. The summed E-state index contributed by atoms with van der Waals surface area (Å²) >= 11 is 6.34. The molecule has 3 heteroatoms. The van der Waals surface area contributed by atoms with Crippen molar-refractivity contribution in [2.24, 2.45) is 11.7 Å². The first-order chi connectivity index (χ1) is 8.85. The number of benzene rings is 1. The van der Waals surface area contributed by atoms with Crippen molar-refractivity contribution in [2.75, 3.05) is 6.61 Å². The molecule has 1 saturated carbocycles. The highest BCUT2D eigenvalue weighted by Crippen LogP contribution is 2.34. The van der Waals surface area contributed by atoms with Gasteiger partial charge in [-0.1, -0.05) is 24.1 Å². The molecule has 0 radical (unpaired) electrons. The van der Waals surface area contributed by atoms with Gasteiger partial charge in [0.2, 0.25) is 0 Å². The van der Waals surface area contributed by atoms with Crippen LogP contribution >= 0.6 is 11.6 Å². The first kappa shape index (κ1) is 14.7. The zero-order valence-corrected chi connectivity index (χ0v) is 12.9. The second-order valence-electron chi connectivity index (χ2n) is 6.51. The highest BCUT2D eigenvalue weighted by atomic mass is 35.5. The molecule has 0 aromatic heterocycles. The van der Waals surface area contributed by atoms with Crippen molar-refractivity contribution in [1.82, 2.24) is 0 Å². The zero-order chi connectivity index (χ0) is 14.0. The number of hydrogen-bond acceptors (Lipinski definition) is 2. The molecule has 1 fully saturated rings. The van der Waals surface area contributed by atoms with E-state index in [1.807, 2.05) is 19.9 Å². The summed E-state index contributed by atoms with van der Waals surface area (Å²) in [7, 11) is 0. The van der Waals surface area contributed by atoms with Crippen LogP contribution in [0.15, 0.2) is 12.1 Å². The fourth-order valence-electron chi connectivity index (χ4n) is 2.45. The van der Waals surface area contributed by atoms with Gasteiger partial charge in [-0.05, 0) is 63.1 Å². The molecule has 2 N–H and O–H groups in total. The van der Waals surface area contributed by atoms with Crippen molar-refractivity contribution in [3.05, 3.63) is 28.3 Å². The summed E-state index contributed by atoms with van der Waals surface area (Å²) in [5.41, 5.74) is 8.15. The van der Waals surface area contributed by atoms with E-state index in [1.54, 1.807) is 0 Å². The lowest BCUT2D eigenvalue weighted by atomic mass is 9.86. The van der Waals surface area contributed by atoms with Crippen molar-refractivity contribution in [1.29, 1.82) is 0 Å². The van der Waals surface area contributed by atoms with Crippen LogP contribution in [0.25, 0.3) is 0 Å². The Kier molecular flexibility index (Phi) is 4.42. The molecule has 0 bridgehead atoms. The van der Waals surface area contributed by atoms with Crippen LogP contribution < -0.4 is 10.5 Å². The normalized spacial score (nSPS) is 16.3. The Morgan fingerprint density at radius 2 is 2.05 bits per heavy atom. The molecule has 19 heavy (non-hydrogen) atoms. The van der Waals surface area contributed by atoms with Gasteiger partial charge in [0, 0.05) is 5.54 Å². The van der Waals surface area contributed by atoms with Crippen LogP contribution in [0.5, 0.6) is 5.75 Å². The minimum absolute atomic E-state index is 0.258. The lowest BCUT2D eigenvalue weighted by Crippen LogP contribution is -2.34. The predicted octanol–water partition coefficient (Wildman–Crippen LogP) is 4.11.